The van der Waals surface area contributed by atoms with E-state index in [0.29, 0.717) is 17.7 Å². The summed E-state index contributed by atoms with van der Waals surface area (Å²) in [6.07, 6.45) is 1.38. The Bertz CT molecular complexity index is 553. The van der Waals surface area contributed by atoms with Gasteiger partial charge in [0.1, 0.15) is 5.52 Å². The summed E-state index contributed by atoms with van der Waals surface area (Å²) in [6, 6.07) is 0. The molecule has 0 radical (unpaired) electrons. The molecule has 2 heterocycles. The average molecular weight is 220 g/mol. The van der Waals surface area contributed by atoms with Crippen molar-refractivity contribution < 1.29 is 0 Å². The van der Waals surface area contributed by atoms with Crippen LogP contribution in [0.15, 0.2) is 15.9 Å². The van der Waals surface area contributed by atoms with E-state index < -0.39 is 5.69 Å². The van der Waals surface area contributed by atoms with E-state index in [1.54, 1.807) is 6.92 Å². The van der Waals surface area contributed by atoms with Gasteiger partial charge in [-0.15, -0.1) is 0 Å². The normalized spacial score (nSPS) is 10.1. The molecule has 0 amide bonds. The van der Waals surface area contributed by atoms with Gasteiger partial charge in [0.15, 0.2) is 5.65 Å². The summed E-state index contributed by atoms with van der Waals surface area (Å²) in [7, 11) is 0. The van der Waals surface area contributed by atoms with Gasteiger partial charge in [-0.05, 0) is 6.92 Å². The fourth-order valence-corrected chi connectivity index (χ4v) is 1.24. The zero-order valence-corrected chi connectivity index (χ0v) is 7.00. The summed E-state index contributed by atoms with van der Waals surface area (Å²) in [5.41, 5.74) is -0.119. The first-order valence-electron chi connectivity index (χ1n) is 3.90. The monoisotopic (exact) mass is 220 g/mol. The topological polar surface area (TPSA) is 83.5 Å². The van der Waals surface area contributed by atoms with Gasteiger partial charge in [0.25, 0.3) is 5.56 Å². The molecule has 0 bridgehead atoms. The number of fused-ring (bicyclic) bond motifs is 1. The molecule has 0 aliphatic heterocycles. The predicted molar refractivity (Wildman–Crippen MR) is 53.8 cm³/mol. The molecule has 0 saturated carbocycles. The van der Waals surface area contributed by atoms with Crippen molar-refractivity contribution in [2.75, 3.05) is 0 Å². The third-order valence-electron chi connectivity index (χ3n) is 1.89. The quantitative estimate of drug-likeness (QED) is 0.591. The second kappa shape index (κ2) is 4.54. The molecular weight excluding hydrogens is 211 g/mol. The molecule has 14 heavy (non-hydrogen) atoms. The van der Waals surface area contributed by atoms with Crippen LogP contribution in [0.4, 0.5) is 0 Å². The van der Waals surface area contributed by atoms with Crippen LogP contribution in [0.1, 0.15) is 6.92 Å². The van der Waals surface area contributed by atoms with Gasteiger partial charge in [0.05, 0.1) is 6.33 Å². The van der Waals surface area contributed by atoms with E-state index in [4.69, 9.17) is 0 Å². The van der Waals surface area contributed by atoms with Gasteiger partial charge < -0.3 is 4.98 Å². The van der Waals surface area contributed by atoms with E-state index in [2.05, 4.69) is 15.0 Å². The summed E-state index contributed by atoms with van der Waals surface area (Å²) >= 11 is 0. The minimum absolute atomic E-state index is 0. The molecular formula is C7H9KN4O2. The summed E-state index contributed by atoms with van der Waals surface area (Å²) in [5, 5.41) is 0. The molecule has 2 aromatic rings. The van der Waals surface area contributed by atoms with Crippen LogP contribution in [0, 0.1) is 0 Å². The Kier molecular flexibility index (Phi) is 3.84. The first kappa shape index (κ1) is 11.9. The molecule has 0 fully saturated rings. The van der Waals surface area contributed by atoms with Crippen LogP contribution in [0.25, 0.3) is 11.2 Å². The molecule has 0 aromatic carbocycles. The van der Waals surface area contributed by atoms with Crippen molar-refractivity contribution in [3.8, 4) is 0 Å². The van der Waals surface area contributed by atoms with Crippen molar-refractivity contribution in [1.82, 2.24) is 19.5 Å². The molecule has 0 saturated heterocycles. The van der Waals surface area contributed by atoms with Crippen LogP contribution in [-0.2, 0) is 6.54 Å². The molecule has 0 aliphatic carbocycles. The fourth-order valence-electron chi connectivity index (χ4n) is 1.24. The first-order chi connectivity index (χ1) is 6.24. The van der Waals surface area contributed by atoms with E-state index in [0.717, 1.165) is 4.57 Å². The van der Waals surface area contributed by atoms with Crippen molar-refractivity contribution in [3.05, 3.63) is 27.2 Å². The van der Waals surface area contributed by atoms with Gasteiger partial charge in [0.2, 0.25) is 0 Å². The molecule has 0 aliphatic rings. The van der Waals surface area contributed by atoms with Crippen LogP contribution >= 0.6 is 0 Å². The Morgan fingerprint density at radius 2 is 2.21 bits per heavy atom. The van der Waals surface area contributed by atoms with Crippen molar-refractivity contribution in [1.29, 1.82) is 0 Å². The first-order valence-corrected chi connectivity index (χ1v) is 3.90. The predicted octanol–water partition coefficient (Wildman–Crippen LogP) is -1.22. The number of aromatic nitrogens is 4. The number of hydrogen-bond donors (Lipinski definition) is 2. The van der Waals surface area contributed by atoms with Crippen LogP contribution in [0.5, 0.6) is 0 Å². The number of hydrogen-bond acceptors (Lipinski definition) is 3. The Morgan fingerprint density at radius 3 is 2.86 bits per heavy atom. The molecule has 0 atom stereocenters. The van der Waals surface area contributed by atoms with Gasteiger partial charge in [-0.25, -0.2) is 9.78 Å². The molecule has 2 aromatic heterocycles. The SMILES string of the molecule is CCn1c(=O)[nH]c2nc[nH]c2c1=O.[KH]. The van der Waals surface area contributed by atoms with Gasteiger partial charge in [-0.2, -0.15) is 0 Å². The van der Waals surface area contributed by atoms with E-state index in [1.807, 2.05) is 0 Å². The summed E-state index contributed by atoms with van der Waals surface area (Å²) in [4.78, 5) is 31.7. The van der Waals surface area contributed by atoms with Gasteiger partial charge in [0, 0.05) is 6.54 Å². The molecule has 2 rings (SSSR count). The van der Waals surface area contributed by atoms with Crippen LogP contribution in [0.2, 0.25) is 0 Å². The van der Waals surface area contributed by atoms with Crippen LogP contribution < -0.4 is 11.2 Å². The van der Waals surface area contributed by atoms with Gasteiger partial charge in [-0.1, -0.05) is 0 Å². The van der Waals surface area contributed by atoms with Gasteiger partial charge in [-0.3, -0.25) is 14.3 Å². The van der Waals surface area contributed by atoms with Crippen LogP contribution in [0.3, 0.4) is 0 Å². The van der Waals surface area contributed by atoms with Crippen molar-refractivity contribution in [3.63, 3.8) is 0 Å². The Hall–Kier alpha value is -0.214. The summed E-state index contributed by atoms with van der Waals surface area (Å²) in [6.45, 7) is 2.09. The Labute approximate surface area is 121 Å². The minimum atomic E-state index is -0.424. The van der Waals surface area contributed by atoms with E-state index in [-0.39, 0.29) is 56.9 Å². The molecule has 0 spiro atoms. The van der Waals surface area contributed by atoms with Crippen molar-refractivity contribution in [2.45, 2.75) is 13.5 Å². The van der Waals surface area contributed by atoms with E-state index in [1.165, 1.54) is 6.33 Å². The summed E-state index contributed by atoms with van der Waals surface area (Å²) < 4.78 is 1.11. The Morgan fingerprint density at radius 1 is 1.50 bits per heavy atom. The zero-order chi connectivity index (χ0) is 9.42. The summed E-state index contributed by atoms with van der Waals surface area (Å²) in [5.74, 6) is 0. The Balaban J connectivity index is 0.000000980. The molecule has 6 nitrogen and oxygen atoms in total. The molecule has 70 valence electrons. The fraction of sp³-hybridized carbons (Fsp3) is 0.286. The van der Waals surface area contributed by atoms with Gasteiger partial charge >= 0.3 is 57.1 Å². The van der Waals surface area contributed by atoms with Crippen molar-refractivity contribution >= 4 is 62.5 Å². The van der Waals surface area contributed by atoms with E-state index in [9.17, 15) is 9.59 Å². The van der Waals surface area contributed by atoms with Crippen LogP contribution in [-0.4, -0.2) is 70.9 Å². The molecule has 7 heteroatoms. The molecule has 0 unspecified atom stereocenters. The number of nitrogens with one attached hydrogen (secondary N) is 2. The third kappa shape index (κ3) is 1.78. The number of nitrogens with zero attached hydrogens (tertiary/aromatic N) is 2. The number of aromatic amines is 2. The molecule has 2 N–H and O–H groups in total. The standard InChI is InChI=1S/C7H8N4O2.K.H/c1-2-11-6(12)4-5(9-3-8-4)10-7(11)13;;/h3H,2H2,1H3,(H,8,9)(H,10,13);;. The maximum absolute atomic E-state index is 11.5. The second-order valence-electron chi connectivity index (χ2n) is 2.61. The van der Waals surface area contributed by atoms with Crippen molar-refractivity contribution in [2.24, 2.45) is 0 Å². The second-order valence-corrected chi connectivity index (χ2v) is 2.61. The number of rotatable bonds is 1. The number of H-pyrrole nitrogens is 2. The number of imidazole rings is 1. The average Bonchev–Trinajstić information content (AvgIpc) is 2.53. The third-order valence-corrected chi connectivity index (χ3v) is 1.89. The van der Waals surface area contributed by atoms with E-state index >= 15 is 0 Å². The maximum atomic E-state index is 11.5. The zero-order valence-electron chi connectivity index (χ0n) is 7.00.